The molecule has 2 aromatic rings. The van der Waals surface area contributed by atoms with Crippen LogP contribution in [0.5, 0.6) is 0 Å². The number of nitrogens with zero attached hydrogens (tertiary/aromatic N) is 2. The zero-order valence-electron chi connectivity index (χ0n) is 15.3. The largest absolute Gasteiger partial charge is 0.348 e. The van der Waals surface area contributed by atoms with Crippen molar-refractivity contribution in [3.8, 4) is 0 Å². The van der Waals surface area contributed by atoms with Crippen LogP contribution < -0.4 is 10.6 Å². The molecule has 1 aromatic heterocycles. The highest BCUT2D eigenvalue weighted by atomic mass is 16.2. The minimum atomic E-state index is -0.243. The smallest absolute Gasteiger partial charge is 0.237 e. The fourth-order valence-corrected chi connectivity index (χ4v) is 3.61. The van der Waals surface area contributed by atoms with Crippen molar-refractivity contribution in [1.29, 1.82) is 0 Å². The maximum Gasteiger partial charge on any atom is 0.237 e. The first kappa shape index (κ1) is 17.7. The van der Waals surface area contributed by atoms with Crippen molar-refractivity contribution in [3.05, 3.63) is 53.3 Å². The van der Waals surface area contributed by atoms with Crippen LogP contribution in [0.3, 0.4) is 0 Å². The van der Waals surface area contributed by atoms with Gasteiger partial charge < -0.3 is 5.32 Å². The molecule has 0 fully saturated rings. The summed E-state index contributed by atoms with van der Waals surface area (Å²) in [5, 5.41) is 11.1. The molecule has 0 bridgehead atoms. The molecule has 0 saturated heterocycles. The molecule has 0 unspecified atom stereocenters. The number of carbonyl (C=O) groups excluding carboxylic acids is 1. The second-order valence-corrected chi connectivity index (χ2v) is 6.84. The summed E-state index contributed by atoms with van der Waals surface area (Å²) in [7, 11) is 0. The van der Waals surface area contributed by atoms with Gasteiger partial charge in [0, 0.05) is 23.8 Å². The number of hydrogen-bond acceptors (Lipinski definition) is 3. The third-order valence-electron chi connectivity index (χ3n) is 5.07. The average Bonchev–Trinajstić information content (AvgIpc) is 3.06. The number of rotatable bonds is 6. The third-order valence-corrected chi connectivity index (χ3v) is 5.07. The van der Waals surface area contributed by atoms with E-state index in [1.807, 2.05) is 50.4 Å². The molecular weight excluding hydrogens is 312 g/mol. The van der Waals surface area contributed by atoms with Gasteiger partial charge >= 0.3 is 0 Å². The van der Waals surface area contributed by atoms with Crippen LogP contribution in [0.25, 0.3) is 0 Å². The Labute approximate surface area is 149 Å². The maximum atomic E-state index is 12.6. The molecule has 5 heteroatoms. The molecule has 0 spiro atoms. The molecule has 0 aliphatic heterocycles. The highest BCUT2D eigenvalue weighted by molar-refractivity contribution is 5.81. The van der Waals surface area contributed by atoms with Crippen molar-refractivity contribution in [1.82, 2.24) is 20.4 Å². The van der Waals surface area contributed by atoms with Gasteiger partial charge in [0.1, 0.15) is 0 Å². The molecule has 1 aliphatic carbocycles. The topological polar surface area (TPSA) is 59.0 Å². The Morgan fingerprint density at radius 1 is 1.32 bits per heavy atom. The fourth-order valence-electron chi connectivity index (χ4n) is 3.61. The minimum Gasteiger partial charge on any atom is -0.348 e. The number of aromatic nitrogens is 2. The molecule has 5 nitrogen and oxygen atoms in total. The summed E-state index contributed by atoms with van der Waals surface area (Å²) >= 11 is 0. The van der Waals surface area contributed by atoms with Crippen LogP contribution in [-0.4, -0.2) is 21.7 Å². The summed E-state index contributed by atoms with van der Waals surface area (Å²) in [6, 6.07) is 10.0. The third kappa shape index (κ3) is 3.93. The summed E-state index contributed by atoms with van der Waals surface area (Å²) in [5.41, 5.74) is 3.69. The first-order valence-corrected chi connectivity index (χ1v) is 9.26. The highest BCUT2D eigenvalue weighted by Gasteiger charge is 2.27. The lowest BCUT2D eigenvalue weighted by Crippen LogP contribution is -2.45. The normalized spacial score (nSPS) is 19.1. The average molecular weight is 340 g/mol. The van der Waals surface area contributed by atoms with Crippen molar-refractivity contribution in [2.45, 2.75) is 64.7 Å². The lowest BCUT2D eigenvalue weighted by atomic mass is 9.92. The molecule has 2 N–H and O–H groups in total. The van der Waals surface area contributed by atoms with E-state index in [0.29, 0.717) is 0 Å². The number of nitrogens with one attached hydrogen (secondary N) is 2. The zero-order chi connectivity index (χ0) is 17.8. The van der Waals surface area contributed by atoms with E-state index in [-0.39, 0.29) is 24.0 Å². The van der Waals surface area contributed by atoms with E-state index >= 15 is 0 Å². The fraction of sp³-hybridized carbons (Fsp3) is 0.500. The molecule has 3 atom stereocenters. The molecule has 1 aromatic carbocycles. The predicted octanol–water partition coefficient (Wildman–Crippen LogP) is 3.14. The molecule has 1 amide bonds. The van der Waals surface area contributed by atoms with Gasteiger partial charge in [-0.15, -0.1) is 0 Å². The van der Waals surface area contributed by atoms with Gasteiger partial charge in [-0.1, -0.05) is 30.3 Å². The van der Waals surface area contributed by atoms with E-state index in [1.54, 1.807) is 0 Å². The van der Waals surface area contributed by atoms with E-state index in [1.165, 1.54) is 11.3 Å². The Morgan fingerprint density at radius 2 is 2.08 bits per heavy atom. The van der Waals surface area contributed by atoms with Crippen LogP contribution in [0.1, 0.15) is 62.5 Å². The van der Waals surface area contributed by atoms with Crippen molar-refractivity contribution in [2.75, 3.05) is 0 Å². The first-order valence-electron chi connectivity index (χ1n) is 9.26. The standard InChI is InChI=1S/C20H28N4O/c1-4-24-19-12-8-11-18(17(19)13-21-24)22-15(3)20(25)23-14(2)16-9-6-5-7-10-16/h5-7,9-10,13-15,18,22H,4,8,11-12H2,1-3H3,(H,23,25)/t14-,15-,18-/m0/s1. The van der Waals surface area contributed by atoms with Gasteiger partial charge in [0.25, 0.3) is 0 Å². The van der Waals surface area contributed by atoms with Gasteiger partial charge in [-0.05, 0) is 45.6 Å². The Hall–Kier alpha value is -2.14. The van der Waals surface area contributed by atoms with E-state index in [2.05, 4.69) is 27.3 Å². The molecule has 3 rings (SSSR count). The van der Waals surface area contributed by atoms with Gasteiger partial charge in [-0.2, -0.15) is 5.10 Å². The number of carbonyl (C=O) groups is 1. The minimum absolute atomic E-state index is 0.00251. The van der Waals surface area contributed by atoms with Gasteiger partial charge in [0.05, 0.1) is 18.3 Å². The van der Waals surface area contributed by atoms with Crippen LogP contribution in [0.2, 0.25) is 0 Å². The van der Waals surface area contributed by atoms with E-state index in [4.69, 9.17) is 0 Å². The van der Waals surface area contributed by atoms with E-state index in [9.17, 15) is 4.79 Å². The Bertz CT molecular complexity index is 710. The number of hydrogen-bond donors (Lipinski definition) is 2. The monoisotopic (exact) mass is 340 g/mol. The Morgan fingerprint density at radius 3 is 2.80 bits per heavy atom. The Kier molecular flexibility index (Phi) is 5.53. The second-order valence-electron chi connectivity index (χ2n) is 6.84. The van der Waals surface area contributed by atoms with Crippen LogP contribution in [0.15, 0.2) is 36.5 Å². The molecule has 1 aliphatic rings. The SMILES string of the molecule is CCn1ncc2c1CCC[C@@H]2N[C@@H](C)C(=O)N[C@@H](C)c1ccccc1. The van der Waals surface area contributed by atoms with Crippen LogP contribution >= 0.6 is 0 Å². The molecule has 25 heavy (non-hydrogen) atoms. The highest BCUT2D eigenvalue weighted by Crippen LogP contribution is 2.30. The number of benzene rings is 1. The van der Waals surface area contributed by atoms with Gasteiger partial charge in [-0.25, -0.2) is 0 Å². The van der Waals surface area contributed by atoms with Crippen molar-refractivity contribution >= 4 is 5.91 Å². The maximum absolute atomic E-state index is 12.6. The van der Waals surface area contributed by atoms with E-state index in [0.717, 1.165) is 31.4 Å². The van der Waals surface area contributed by atoms with Gasteiger partial charge in [0.2, 0.25) is 5.91 Å². The van der Waals surface area contributed by atoms with Crippen LogP contribution in [0, 0.1) is 0 Å². The molecule has 1 heterocycles. The predicted molar refractivity (Wildman–Crippen MR) is 99.2 cm³/mol. The summed E-state index contributed by atoms with van der Waals surface area (Å²) in [6.07, 6.45) is 5.22. The summed E-state index contributed by atoms with van der Waals surface area (Å²) in [5.74, 6) is 0.0337. The van der Waals surface area contributed by atoms with Gasteiger partial charge in [-0.3, -0.25) is 14.8 Å². The second kappa shape index (κ2) is 7.83. The number of aryl methyl sites for hydroxylation is 1. The molecule has 0 radical (unpaired) electrons. The number of fused-ring (bicyclic) bond motifs is 1. The molecule has 0 saturated carbocycles. The lowest BCUT2D eigenvalue weighted by Gasteiger charge is -2.27. The molecular formula is C20H28N4O. The zero-order valence-corrected chi connectivity index (χ0v) is 15.3. The lowest BCUT2D eigenvalue weighted by molar-refractivity contribution is -0.123. The Balaban J connectivity index is 1.62. The van der Waals surface area contributed by atoms with Gasteiger partial charge in [0.15, 0.2) is 0 Å². The van der Waals surface area contributed by atoms with Crippen LogP contribution in [0.4, 0.5) is 0 Å². The quantitative estimate of drug-likeness (QED) is 0.849. The van der Waals surface area contributed by atoms with Crippen molar-refractivity contribution < 1.29 is 4.79 Å². The molecule has 134 valence electrons. The number of amides is 1. The van der Waals surface area contributed by atoms with E-state index < -0.39 is 0 Å². The van der Waals surface area contributed by atoms with Crippen molar-refractivity contribution in [3.63, 3.8) is 0 Å². The van der Waals surface area contributed by atoms with Crippen molar-refractivity contribution in [2.24, 2.45) is 0 Å². The summed E-state index contributed by atoms with van der Waals surface area (Å²) < 4.78 is 2.07. The summed E-state index contributed by atoms with van der Waals surface area (Å²) in [4.78, 5) is 12.6. The first-order chi connectivity index (χ1) is 12.1. The van der Waals surface area contributed by atoms with Crippen LogP contribution in [-0.2, 0) is 17.8 Å². The summed E-state index contributed by atoms with van der Waals surface area (Å²) in [6.45, 7) is 6.97.